The normalized spacial score (nSPS) is 11.3. The molecule has 0 saturated heterocycles. The lowest BCUT2D eigenvalue weighted by Crippen LogP contribution is -2.27. The number of hydrogen-bond acceptors (Lipinski definition) is 7. The Morgan fingerprint density at radius 3 is 2.59 bits per heavy atom. The fourth-order valence-corrected chi connectivity index (χ4v) is 5.52. The minimum absolute atomic E-state index is 0.00648. The van der Waals surface area contributed by atoms with E-state index in [2.05, 4.69) is 16.2 Å². The monoisotopic (exact) mass is 514 g/mol. The van der Waals surface area contributed by atoms with Gasteiger partial charge < -0.3 is 9.26 Å². The van der Waals surface area contributed by atoms with Gasteiger partial charge in [0.1, 0.15) is 23.5 Å². The second kappa shape index (κ2) is 9.37. The lowest BCUT2D eigenvalue weighted by molar-refractivity contribution is 0.414. The summed E-state index contributed by atoms with van der Waals surface area (Å²) in [4.78, 5) is 4.06. The van der Waals surface area contributed by atoms with Crippen LogP contribution in [-0.2, 0) is 10.0 Å². The molecule has 3 aromatic carbocycles. The van der Waals surface area contributed by atoms with Crippen molar-refractivity contribution in [3.8, 4) is 22.9 Å². The Morgan fingerprint density at radius 2 is 1.89 bits per heavy atom. The molecule has 5 rings (SSSR count). The van der Waals surface area contributed by atoms with Crippen LogP contribution in [0.15, 0.2) is 88.7 Å². The van der Waals surface area contributed by atoms with Crippen LogP contribution in [0.25, 0.3) is 21.9 Å². The van der Waals surface area contributed by atoms with E-state index in [4.69, 9.17) is 9.26 Å². The van der Waals surface area contributed by atoms with Gasteiger partial charge in [0.2, 0.25) is 0 Å². The van der Waals surface area contributed by atoms with E-state index >= 15 is 0 Å². The van der Waals surface area contributed by atoms with E-state index in [-0.39, 0.29) is 33.5 Å². The maximum absolute atomic E-state index is 14.0. The number of sulfonamides is 1. The van der Waals surface area contributed by atoms with Crippen molar-refractivity contribution in [1.82, 2.24) is 10.1 Å². The number of benzene rings is 3. The molecule has 0 aliphatic carbocycles. The van der Waals surface area contributed by atoms with Gasteiger partial charge in [0.15, 0.2) is 5.82 Å². The van der Waals surface area contributed by atoms with Crippen LogP contribution in [-0.4, -0.2) is 25.7 Å². The van der Waals surface area contributed by atoms with Crippen LogP contribution in [0.4, 0.5) is 15.9 Å². The Hall–Kier alpha value is -4.75. The maximum atomic E-state index is 14.0. The Morgan fingerprint density at radius 1 is 1.05 bits per heavy atom. The molecule has 2 heterocycles. The Bertz CT molecular complexity index is 1780. The van der Waals surface area contributed by atoms with E-state index in [0.717, 1.165) is 9.69 Å². The number of rotatable bonds is 6. The Labute approximate surface area is 212 Å². The highest BCUT2D eigenvalue weighted by atomic mass is 32.2. The summed E-state index contributed by atoms with van der Waals surface area (Å²) in [5, 5.41) is 15.3. The molecule has 184 valence electrons. The van der Waals surface area contributed by atoms with Gasteiger partial charge in [-0.1, -0.05) is 17.3 Å². The first-order chi connectivity index (χ1) is 17.8. The number of nitriles is 1. The van der Waals surface area contributed by atoms with Crippen molar-refractivity contribution in [2.45, 2.75) is 11.8 Å². The average molecular weight is 515 g/mol. The smallest absolute Gasteiger partial charge is 0.270 e. The van der Waals surface area contributed by atoms with Crippen LogP contribution in [0.5, 0.6) is 5.75 Å². The molecule has 8 nitrogen and oxygen atoms in total. The van der Waals surface area contributed by atoms with Crippen molar-refractivity contribution in [2.75, 3.05) is 11.4 Å². The predicted octanol–water partition coefficient (Wildman–Crippen LogP) is 5.74. The number of aryl methyl sites for hydroxylation is 1. The van der Waals surface area contributed by atoms with Gasteiger partial charge >= 0.3 is 0 Å². The minimum Gasteiger partial charge on any atom is -0.495 e. The SMILES string of the molecule is COc1cc(-c2ccc(F)c(C)c2)c(C#N)cc1N(c1ccon1)S(=O)(=O)c1ccc2cnccc2c1. The molecular formula is C27H19FN4O4S. The third-order valence-corrected chi connectivity index (χ3v) is 7.62. The number of pyridine rings is 1. The average Bonchev–Trinajstić information content (AvgIpc) is 3.44. The summed E-state index contributed by atoms with van der Waals surface area (Å²) in [6, 6.07) is 17.3. The first-order valence-corrected chi connectivity index (χ1v) is 12.5. The van der Waals surface area contributed by atoms with Gasteiger partial charge in [-0.15, -0.1) is 0 Å². The second-order valence-corrected chi connectivity index (χ2v) is 9.94. The van der Waals surface area contributed by atoms with Crippen LogP contribution in [0.1, 0.15) is 11.1 Å². The number of aromatic nitrogens is 2. The molecule has 0 fully saturated rings. The second-order valence-electron chi connectivity index (χ2n) is 8.16. The van der Waals surface area contributed by atoms with Gasteiger partial charge in [0.05, 0.1) is 23.6 Å². The van der Waals surface area contributed by atoms with E-state index in [1.165, 1.54) is 43.7 Å². The van der Waals surface area contributed by atoms with Gasteiger partial charge in [-0.25, -0.2) is 17.1 Å². The molecule has 0 aliphatic heterocycles. The van der Waals surface area contributed by atoms with Crippen LogP contribution in [0, 0.1) is 24.1 Å². The third kappa shape index (κ3) is 4.26. The zero-order chi connectivity index (χ0) is 26.2. The summed E-state index contributed by atoms with van der Waals surface area (Å²) < 4.78 is 53.4. The molecule has 2 aromatic heterocycles. The zero-order valence-electron chi connectivity index (χ0n) is 19.7. The summed E-state index contributed by atoms with van der Waals surface area (Å²) >= 11 is 0. The summed E-state index contributed by atoms with van der Waals surface area (Å²) in [5.74, 6) is -0.241. The summed E-state index contributed by atoms with van der Waals surface area (Å²) in [6.45, 7) is 1.62. The predicted molar refractivity (Wildman–Crippen MR) is 135 cm³/mol. The molecule has 0 amide bonds. The van der Waals surface area contributed by atoms with Crippen LogP contribution < -0.4 is 9.04 Å². The highest BCUT2D eigenvalue weighted by Crippen LogP contribution is 2.42. The summed E-state index contributed by atoms with van der Waals surface area (Å²) in [7, 11) is -2.87. The number of ether oxygens (including phenoxy) is 1. The van der Waals surface area contributed by atoms with Crippen molar-refractivity contribution in [1.29, 1.82) is 5.26 Å². The minimum atomic E-state index is -4.26. The summed E-state index contributed by atoms with van der Waals surface area (Å²) in [6.07, 6.45) is 4.46. The largest absolute Gasteiger partial charge is 0.495 e. The highest BCUT2D eigenvalue weighted by molar-refractivity contribution is 7.93. The number of methoxy groups -OCH3 is 1. The van der Waals surface area contributed by atoms with Gasteiger partial charge in [-0.3, -0.25) is 4.98 Å². The standard InChI is InChI=1S/C27H19FN4O4S/c1-17-11-19(4-6-24(17)28)23-14-26(35-2)25(13-21(23)15-29)32(27-8-10-36-31-27)37(33,34)22-5-3-20-16-30-9-7-18(20)12-22/h3-14,16H,1-2H3. The first-order valence-electron chi connectivity index (χ1n) is 11.0. The Kier molecular flexibility index (Phi) is 6.07. The van der Waals surface area contributed by atoms with Crippen molar-refractivity contribution < 1.29 is 22.1 Å². The maximum Gasteiger partial charge on any atom is 0.270 e. The lowest BCUT2D eigenvalue weighted by Gasteiger charge is -2.24. The zero-order valence-corrected chi connectivity index (χ0v) is 20.5. The van der Waals surface area contributed by atoms with E-state index in [0.29, 0.717) is 22.1 Å². The fraction of sp³-hybridized carbons (Fsp3) is 0.0741. The molecule has 0 atom stereocenters. The van der Waals surface area contributed by atoms with Crippen molar-refractivity contribution in [3.05, 3.63) is 96.3 Å². The van der Waals surface area contributed by atoms with Crippen molar-refractivity contribution in [2.24, 2.45) is 0 Å². The van der Waals surface area contributed by atoms with E-state index < -0.39 is 10.0 Å². The van der Waals surface area contributed by atoms with E-state index in [9.17, 15) is 18.1 Å². The molecule has 0 aliphatic rings. The number of hydrogen-bond donors (Lipinski definition) is 0. The van der Waals surface area contributed by atoms with Gasteiger partial charge in [0.25, 0.3) is 10.0 Å². The van der Waals surface area contributed by atoms with Crippen molar-refractivity contribution >= 4 is 32.3 Å². The van der Waals surface area contributed by atoms with Crippen molar-refractivity contribution in [3.63, 3.8) is 0 Å². The number of nitrogens with zero attached hydrogens (tertiary/aromatic N) is 4. The molecule has 0 N–H and O–H groups in total. The molecule has 0 spiro atoms. The molecule has 0 unspecified atom stereocenters. The number of halogens is 1. The van der Waals surface area contributed by atoms with Gasteiger partial charge in [0, 0.05) is 29.4 Å². The molecule has 37 heavy (non-hydrogen) atoms. The first kappa shape index (κ1) is 24.0. The molecule has 0 bridgehead atoms. The molecule has 0 saturated carbocycles. The van der Waals surface area contributed by atoms with Crippen LogP contribution in [0.3, 0.4) is 0 Å². The highest BCUT2D eigenvalue weighted by Gasteiger charge is 2.32. The fourth-order valence-electron chi connectivity index (χ4n) is 4.05. The van der Waals surface area contributed by atoms with Crippen LogP contribution >= 0.6 is 0 Å². The van der Waals surface area contributed by atoms with Crippen LogP contribution in [0.2, 0.25) is 0 Å². The molecule has 0 radical (unpaired) electrons. The number of anilines is 2. The summed E-state index contributed by atoms with van der Waals surface area (Å²) in [5.41, 5.74) is 1.67. The number of fused-ring (bicyclic) bond motifs is 1. The van der Waals surface area contributed by atoms with Gasteiger partial charge in [-0.05, 0) is 65.9 Å². The van der Waals surface area contributed by atoms with E-state index in [1.807, 2.05) is 0 Å². The topological polar surface area (TPSA) is 109 Å². The third-order valence-electron chi connectivity index (χ3n) is 5.91. The molecule has 10 heteroatoms. The lowest BCUT2D eigenvalue weighted by atomic mass is 9.97. The quantitative estimate of drug-likeness (QED) is 0.284. The van der Waals surface area contributed by atoms with Gasteiger partial charge in [-0.2, -0.15) is 5.26 Å². The molecular weight excluding hydrogens is 495 g/mol. The molecule has 5 aromatic rings. The van der Waals surface area contributed by atoms with E-state index in [1.54, 1.807) is 49.6 Å². The Balaban J connectivity index is 1.73.